The topological polar surface area (TPSA) is 69.5 Å². The van der Waals surface area contributed by atoms with E-state index in [1.807, 2.05) is 25.7 Å². The Bertz CT molecular complexity index is 830. The number of carbonyl (C=O) groups excluding carboxylic acids is 1. The van der Waals surface area contributed by atoms with Crippen molar-refractivity contribution in [1.82, 2.24) is 15.1 Å². The van der Waals surface area contributed by atoms with Gasteiger partial charge in [-0.25, -0.2) is 9.38 Å². The van der Waals surface area contributed by atoms with Gasteiger partial charge in [-0.3, -0.25) is 4.79 Å². The van der Waals surface area contributed by atoms with E-state index in [-0.39, 0.29) is 17.8 Å². The molecule has 1 aromatic carbocycles. The molecule has 1 aromatic rings. The van der Waals surface area contributed by atoms with Gasteiger partial charge in [-0.15, -0.1) is 0 Å². The number of nitrogens with one attached hydrogen (secondary N) is 1. The van der Waals surface area contributed by atoms with Gasteiger partial charge in [0.25, 0.3) is 0 Å². The summed E-state index contributed by atoms with van der Waals surface area (Å²) in [5, 5.41) is 3.35. The first-order valence-corrected chi connectivity index (χ1v) is 10.4. The molecule has 0 unspecified atom stereocenters. The summed E-state index contributed by atoms with van der Waals surface area (Å²) in [6.45, 7) is 11.7. The molecule has 1 amide bonds. The Morgan fingerprint density at radius 2 is 1.97 bits per heavy atom. The molecule has 7 nitrogen and oxygen atoms in total. The van der Waals surface area contributed by atoms with Crippen molar-refractivity contribution in [2.45, 2.75) is 39.7 Å². The molecule has 0 atom stereocenters. The number of hydrogen-bond acceptors (Lipinski definition) is 4. The van der Waals surface area contributed by atoms with E-state index in [4.69, 9.17) is 4.74 Å². The van der Waals surface area contributed by atoms with Crippen molar-refractivity contribution in [3.05, 3.63) is 41.6 Å². The molecule has 8 heteroatoms. The third kappa shape index (κ3) is 4.98. The molecule has 2 aliphatic rings. The number of likely N-dealkylation sites (N-methyl/N-ethyl adjacent to an activating group) is 2. The van der Waals surface area contributed by atoms with Crippen molar-refractivity contribution in [2.75, 3.05) is 26.2 Å². The van der Waals surface area contributed by atoms with Crippen LogP contribution in [0.15, 0.2) is 45.8 Å². The van der Waals surface area contributed by atoms with Crippen molar-refractivity contribution >= 4 is 18.6 Å². The van der Waals surface area contributed by atoms with E-state index in [0.717, 1.165) is 24.4 Å². The predicted octanol–water partition coefficient (Wildman–Crippen LogP) is 3.00. The number of rotatable bonds is 7. The number of aliphatic imine (C=N–C) groups is 2. The van der Waals surface area contributed by atoms with Crippen LogP contribution in [0.1, 0.15) is 33.6 Å². The van der Waals surface area contributed by atoms with E-state index in [0.29, 0.717) is 43.9 Å². The van der Waals surface area contributed by atoms with Gasteiger partial charge in [0, 0.05) is 19.1 Å². The minimum Gasteiger partial charge on any atom is -0.493 e. The maximum absolute atomic E-state index is 13.0. The van der Waals surface area contributed by atoms with Crippen molar-refractivity contribution in [3.63, 3.8) is 0 Å². The highest BCUT2D eigenvalue weighted by molar-refractivity contribution is 5.86. The second-order valence-electron chi connectivity index (χ2n) is 7.60. The highest BCUT2D eigenvalue weighted by atomic mass is 19.1. The van der Waals surface area contributed by atoms with Crippen LogP contribution >= 0.6 is 0 Å². The third-order valence-corrected chi connectivity index (χ3v) is 5.58. The Balaban J connectivity index is 1.57. The Hall–Kier alpha value is -2.90. The van der Waals surface area contributed by atoms with Crippen LogP contribution in [0.4, 0.5) is 4.39 Å². The van der Waals surface area contributed by atoms with Gasteiger partial charge in [0.1, 0.15) is 11.6 Å². The Morgan fingerprint density at radius 3 is 2.57 bits per heavy atom. The molecular formula is C22H30FN5O2. The minimum absolute atomic E-state index is 0.0832. The fraction of sp³-hybridized carbons (Fsp3) is 0.500. The fourth-order valence-corrected chi connectivity index (χ4v) is 3.82. The highest BCUT2D eigenvalue weighted by Gasteiger charge is 2.31. The summed E-state index contributed by atoms with van der Waals surface area (Å²) in [6, 6.07) is 6.32. The number of hydrogen-bond donors (Lipinski definition) is 1. The first kappa shape index (κ1) is 21.8. The second-order valence-corrected chi connectivity index (χ2v) is 7.60. The summed E-state index contributed by atoms with van der Waals surface area (Å²) in [5.74, 6) is 2.14. The molecular weight excluding hydrogens is 385 g/mol. The van der Waals surface area contributed by atoms with Crippen LogP contribution in [0.5, 0.6) is 5.75 Å². The fourth-order valence-electron chi connectivity index (χ4n) is 3.82. The van der Waals surface area contributed by atoms with E-state index in [2.05, 4.69) is 22.0 Å². The maximum atomic E-state index is 13.0. The zero-order valence-corrected chi connectivity index (χ0v) is 17.9. The highest BCUT2D eigenvalue weighted by Crippen LogP contribution is 2.29. The molecule has 0 bridgehead atoms. The molecule has 0 aromatic heterocycles. The van der Waals surface area contributed by atoms with E-state index in [1.165, 1.54) is 12.1 Å². The molecule has 30 heavy (non-hydrogen) atoms. The Kier molecular flexibility index (Phi) is 7.07. The average Bonchev–Trinajstić information content (AvgIpc) is 2.71. The van der Waals surface area contributed by atoms with Crippen molar-refractivity contribution < 1.29 is 13.9 Å². The van der Waals surface area contributed by atoms with Crippen LogP contribution in [-0.4, -0.2) is 60.7 Å². The van der Waals surface area contributed by atoms with Crippen LogP contribution in [0, 0.1) is 11.7 Å². The number of nitrogens with zero attached hydrogens (tertiary/aromatic N) is 4. The van der Waals surface area contributed by atoms with Crippen LogP contribution in [0.3, 0.4) is 0 Å². The normalized spacial score (nSPS) is 22.1. The van der Waals surface area contributed by atoms with E-state index >= 15 is 0 Å². The van der Waals surface area contributed by atoms with Gasteiger partial charge in [-0.2, -0.15) is 4.99 Å². The van der Waals surface area contributed by atoms with Gasteiger partial charge in [0.05, 0.1) is 18.8 Å². The maximum Gasteiger partial charge on any atom is 0.246 e. The van der Waals surface area contributed by atoms with Gasteiger partial charge in [0.15, 0.2) is 5.82 Å². The first-order chi connectivity index (χ1) is 14.4. The van der Waals surface area contributed by atoms with E-state index in [1.54, 1.807) is 17.0 Å². The van der Waals surface area contributed by atoms with Gasteiger partial charge < -0.3 is 19.9 Å². The molecule has 0 spiro atoms. The zero-order valence-electron chi connectivity index (χ0n) is 17.9. The summed E-state index contributed by atoms with van der Waals surface area (Å²) in [4.78, 5) is 24.7. The third-order valence-electron chi connectivity index (χ3n) is 5.58. The number of carbonyl (C=O) groups is 1. The molecule has 1 heterocycles. The van der Waals surface area contributed by atoms with Crippen LogP contribution in [0.2, 0.25) is 0 Å². The lowest BCUT2D eigenvalue weighted by Gasteiger charge is -2.37. The molecule has 1 fully saturated rings. The smallest absolute Gasteiger partial charge is 0.246 e. The number of benzene rings is 1. The molecule has 3 rings (SSSR count). The predicted molar refractivity (Wildman–Crippen MR) is 116 cm³/mol. The first-order valence-electron chi connectivity index (χ1n) is 10.4. The molecule has 1 aliphatic carbocycles. The SMILES string of the molecule is C=N/C(=N\C1=C(C)N(CC)C(=O)CN1CC)N[C@H]1C[C@@H](COc2ccc(F)cc2)C1. The van der Waals surface area contributed by atoms with Crippen LogP contribution in [0.25, 0.3) is 0 Å². The van der Waals surface area contributed by atoms with Gasteiger partial charge in [-0.1, -0.05) is 0 Å². The van der Waals surface area contributed by atoms with Gasteiger partial charge in [-0.05, 0) is 70.5 Å². The summed E-state index contributed by atoms with van der Waals surface area (Å²) >= 11 is 0. The van der Waals surface area contributed by atoms with Gasteiger partial charge >= 0.3 is 0 Å². The van der Waals surface area contributed by atoms with Crippen molar-refractivity contribution in [1.29, 1.82) is 0 Å². The Morgan fingerprint density at radius 1 is 1.27 bits per heavy atom. The summed E-state index contributed by atoms with van der Waals surface area (Å²) in [5.41, 5.74) is 0.831. The lowest BCUT2D eigenvalue weighted by atomic mass is 9.81. The zero-order chi connectivity index (χ0) is 21.7. The Labute approximate surface area is 177 Å². The van der Waals surface area contributed by atoms with Crippen molar-refractivity contribution in [3.8, 4) is 5.75 Å². The summed E-state index contributed by atoms with van der Waals surface area (Å²) in [7, 11) is 0. The second kappa shape index (κ2) is 9.73. The van der Waals surface area contributed by atoms with Crippen LogP contribution in [-0.2, 0) is 4.79 Å². The average molecular weight is 416 g/mol. The van der Waals surface area contributed by atoms with E-state index in [9.17, 15) is 9.18 Å². The van der Waals surface area contributed by atoms with E-state index < -0.39 is 0 Å². The molecule has 162 valence electrons. The molecule has 1 N–H and O–H groups in total. The van der Waals surface area contributed by atoms with Gasteiger partial charge in [0.2, 0.25) is 11.9 Å². The number of allylic oxidation sites excluding steroid dienone is 1. The summed E-state index contributed by atoms with van der Waals surface area (Å²) in [6.07, 6.45) is 1.87. The molecule has 1 aliphatic heterocycles. The number of ether oxygens (including phenoxy) is 1. The monoisotopic (exact) mass is 415 g/mol. The number of amides is 1. The standard InChI is InChI=1S/C22H30FN5O2/c1-5-27-13-20(29)28(6-2)15(3)21(27)26-22(24-4)25-18-11-16(12-18)14-30-19-9-7-17(23)8-10-19/h7-10,16,18H,4-6,11-14H2,1-3H3,(H,25,26)/t16-,18+. The molecule has 1 saturated carbocycles. The lowest BCUT2D eigenvalue weighted by molar-refractivity contribution is -0.131. The number of halogens is 1. The molecule has 0 saturated heterocycles. The van der Waals surface area contributed by atoms with Crippen LogP contribution < -0.4 is 10.1 Å². The quantitative estimate of drug-likeness (QED) is 0.549. The van der Waals surface area contributed by atoms with Crippen molar-refractivity contribution in [2.24, 2.45) is 15.9 Å². The lowest BCUT2D eigenvalue weighted by Crippen LogP contribution is -2.47. The largest absolute Gasteiger partial charge is 0.493 e. The molecule has 0 radical (unpaired) electrons. The number of guanidine groups is 1. The summed E-state index contributed by atoms with van der Waals surface area (Å²) < 4.78 is 18.7. The minimum atomic E-state index is -0.268.